The van der Waals surface area contributed by atoms with Crippen molar-refractivity contribution in [3.05, 3.63) is 29.6 Å². The molecular formula is C11H12FNO2S. The van der Waals surface area contributed by atoms with E-state index in [1.54, 1.807) is 12.1 Å². The second-order valence-corrected chi connectivity index (χ2v) is 6.40. The Morgan fingerprint density at radius 1 is 1.31 bits per heavy atom. The Kier molecular flexibility index (Phi) is 2.09. The first kappa shape index (κ1) is 10.2. The van der Waals surface area contributed by atoms with Gasteiger partial charge in [0.2, 0.25) is 0 Å². The minimum atomic E-state index is -3.44. The molecule has 0 radical (unpaired) electrons. The fourth-order valence-corrected chi connectivity index (χ4v) is 4.01. The monoisotopic (exact) mass is 241 g/mol. The van der Waals surface area contributed by atoms with Gasteiger partial charge in [0.05, 0.1) is 5.75 Å². The molecule has 0 bridgehead atoms. The fourth-order valence-electron chi connectivity index (χ4n) is 2.19. The number of fused-ring (bicyclic) bond motifs is 1. The predicted molar refractivity (Wildman–Crippen MR) is 57.4 cm³/mol. The number of hydrogen-bond acceptors (Lipinski definition) is 3. The fraction of sp³-hybridized carbons (Fsp3) is 0.455. The van der Waals surface area contributed by atoms with Gasteiger partial charge in [-0.1, -0.05) is 12.1 Å². The molecule has 1 aromatic rings. The highest BCUT2D eigenvalue weighted by atomic mass is 32.2. The molecule has 1 heterocycles. The first-order chi connectivity index (χ1) is 7.58. The predicted octanol–water partition coefficient (Wildman–Crippen LogP) is 1.41. The summed E-state index contributed by atoms with van der Waals surface area (Å²) in [6.45, 7) is 0. The highest BCUT2D eigenvalue weighted by Crippen LogP contribution is 2.37. The molecule has 1 aliphatic carbocycles. The van der Waals surface area contributed by atoms with Gasteiger partial charge in [0.25, 0.3) is 0 Å². The first-order valence-electron chi connectivity index (χ1n) is 5.35. The summed E-state index contributed by atoms with van der Waals surface area (Å²) in [5, 5.41) is 3.25. The topological polar surface area (TPSA) is 46.2 Å². The van der Waals surface area contributed by atoms with Crippen LogP contribution in [0.15, 0.2) is 23.1 Å². The van der Waals surface area contributed by atoms with E-state index in [0.717, 1.165) is 12.8 Å². The minimum Gasteiger partial charge on any atom is -0.306 e. The van der Waals surface area contributed by atoms with E-state index in [0.29, 0.717) is 11.6 Å². The lowest BCUT2D eigenvalue weighted by molar-refractivity contribution is 0.560. The zero-order valence-corrected chi connectivity index (χ0v) is 9.43. The molecule has 1 fully saturated rings. The van der Waals surface area contributed by atoms with Crippen molar-refractivity contribution in [3.63, 3.8) is 0 Å². The molecule has 1 saturated carbocycles. The van der Waals surface area contributed by atoms with Gasteiger partial charge in [-0.15, -0.1) is 0 Å². The van der Waals surface area contributed by atoms with Gasteiger partial charge in [-0.25, -0.2) is 12.8 Å². The van der Waals surface area contributed by atoms with Crippen molar-refractivity contribution in [1.29, 1.82) is 0 Å². The quantitative estimate of drug-likeness (QED) is 0.851. The van der Waals surface area contributed by atoms with Crippen LogP contribution >= 0.6 is 0 Å². The number of nitrogens with one attached hydrogen (secondary N) is 1. The van der Waals surface area contributed by atoms with E-state index in [4.69, 9.17) is 0 Å². The minimum absolute atomic E-state index is 0.0141. The van der Waals surface area contributed by atoms with Gasteiger partial charge in [-0.05, 0) is 24.5 Å². The zero-order chi connectivity index (χ0) is 11.3. The maximum absolute atomic E-state index is 13.5. The summed E-state index contributed by atoms with van der Waals surface area (Å²) in [4.78, 5) is -0.104. The van der Waals surface area contributed by atoms with Crippen LogP contribution in [-0.4, -0.2) is 20.2 Å². The van der Waals surface area contributed by atoms with Crippen LogP contribution in [0, 0.1) is 5.82 Å². The molecule has 1 aliphatic heterocycles. The lowest BCUT2D eigenvalue weighted by Gasteiger charge is -2.11. The molecule has 0 aromatic heterocycles. The van der Waals surface area contributed by atoms with E-state index in [-0.39, 0.29) is 16.7 Å². The summed E-state index contributed by atoms with van der Waals surface area (Å²) >= 11 is 0. The van der Waals surface area contributed by atoms with Crippen molar-refractivity contribution < 1.29 is 12.8 Å². The first-order valence-corrected chi connectivity index (χ1v) is 7.00. The number of hydrogen-bond donors (Lipinski definition) is 1. The Morgan fingerprint density at radius 3 is 2.75 bits per heavy atom. The van der Waals surface area contributed by atoms with Crippen molar-refractivity contribution in [2.45, 2.75) is 29.8 Å². The van der Waals surface area contributed by atoms with Crippen LogP contribution in [0.3, 0.4) is 0 Å². The number of rotatable bonds is 2. The smallest absolute Gasteiger partial charge is 0.183 e. The van der Waals surface area contributed by atoms with Crippen molar-refractivity contribution in [3.8, 4) is 0 Å². The van der Waals surface area contributed by atoms with Crippen LogP contribution < -0.4 is 5.32 Å². The van der Waals surface area contributed by atoms with Gasteiger partial charge in [0, 0.05) is 12.1 Å². The highest BCUT2D eigenvalue weighted by molar-refractivity contribution is 7.91. The molecule has 1 aromatic carbocycles. The van der Waals surface area contributed by atoms with Gasteiger partial charge < -0.3 is 5.32 Å². The van der Waals surface area contributed by atoms with E-state index in [1.165, 1.54) is 6.07 Å². The molecule has 0 spiro atoms. The molecule has 1 N–H and O–H groups in total. The summed E-state index contributed by atoms with van der Waals surface area (Å²) in [6.07, 6.45) is 2.17. The lowest BCUT2D eigenvalue weighted by atomic mass is 10.1. The maximum atomic E-state index is 13.5. The third-order valence-electron chi connectivity index (χ3n) is 3.08. The Bertz CT molecular complexity index is 537. The van der Waals surface area contributed by atoms with Crippen LogP contribution in [0.25, 0.3) is 0 Å². The summed E-state index contributed by atoms with van der Waals surface area (Å²) in [6, 6.07) is 4.65. The normalized spacial score (nSPS) is 26.7. The number of sulfone groups is 1. The molecule has 16 heavy (non-hydrogen) atoms. The van der Waals surface area contributed by atoms with E-state index in [9.17, 15) is 12.8 Å². The summed E-state index contributed by atoms with van der Waals surface area (Å²) < 4.78 is 37.1. The number of benzene rings is 1. The standard InChI is InChI=1S/C11H12FNO2S/c12-9-3-1-2-8-10(13-7-4-5-7)6-16(14,15)11(8)9/h1-3,7,10,13H,4-6H2. The van der Waals surface area contributed by atoms with Crippen LogP contribution in [-0.2, 0) is 9.84 Å². The van der Waals surface area contributed by atoms with Crippen LogP contribution in [0.4, 0.5) is 4.39 Å². The average Bonchev–Trinajstić information content (AvgIpc) is 2.95. The Labute approximate surface area is 93.6 Å². The van der Waals surface area contributed by atoms with Crippen molar-refractivity contribution >= 4 is 9.84 Å². The van der Waals surface area contributed by atoms with Crippen LogP contribution in [0.2, 0.25) is 0 Å². The molecule has 86 valence electrons. The zero-order valence-electron chi connectivity index (χ0n) is 8.61. The molecule has 2 aliphatic rings. The molecule has 1 atom stereocenters. The maximum Gasteiger partial charge on any atom is 0.183 e. The molecule has 0 saturated heterocycles. The molecular weight excluding hydrogens is 229 g/mol. The summed E-state index contributed by atoms with van der Waals surface area (Å²) in [5.74, 6) is -0.641. The second kappa shape index (κ2) is 3.28. The van der Waals surface area contributed by atoms with Gasteiger partial charge >= 0.3 is 0 Å². The van der Waals surface area contributed by atoms with Crippen LogP contribution in [0.1, 0.15) is 24.4 Å². The molecule has 3 rings (SSSR count). The van der Waals surface area contributed by atoms with E-state index < -0.39 is 15.7 Å². The Balaban J connectivity index is 2.07. The van der Waals surface area contributed by atoms with E-state index in [2.05, 4.69) is 5.32 Å². The molecule has 1 unspecified atom stereocenters. The third-order valence-corrected chi connectivity index (χ3v) is 4.91. The van der Waals surface area contributed by atoms with Gasteiger partial charge in [0.15, 0.2) is 9.84 Å². The van der Waals surface area contributed by atoms with Crippen molar-refractivity contribution in [2.24, 2.45) is 0 Å². The van der Waals surface area contributed by atoms with Gasteiger partial charge in [-0.2, -0.15) is 0 Å². The second-order valence-electron chi connectivity index (χ2n) is 4.43. The summed E-state index contributed by atoms with van der Waals surface area (Å²) in [5.41, 5.74) is 0.590. The van der Waals surface area contributed by atoms with Crippen molar-refractivity contribution in [1.82, 2.24) is 5.32 Å². The molecule has 0 amide bonds. The molecule has 3 nitrogen and oxygen atoms in total. The Morgan fingerprint density at radius 2 is 2.06 bits per heavy atom. The highest BCUT2D eigenvalue weighted by Gasteiger charge is 2.39. The average molecular weight is 241 g/mol. The van der Waals surface area contributed by atoms with Gasteiger partial charge in [0.1, 0.15) is 10.7 Å². The largest absolute Gasteiger partial charge is 0.306 e. The van der Waals surface area contributed by atoms with E-state index in [1.807, 2.05) is 0 Å². The third kappa shape index (κ3) is 1.55. The van der Waals surface area contributed by atoms with E-state index >= 15 is 0 Å². The Hall–Kier alpha value is -0.940. The lowest BCUT2D eigenvalue weighted by Crippen LogP contribution is -2.24. The molecule has 5 heteroatoms. The number of halogens is 1. The SMILES string of the molecule is O=S1(=O)CC(NC2CC2)c2cccc(F)c21. The van der Waals surface area contributed by atoms with Gasteiger partial charge in [-0.3, -0.25) is 0 Å². The summed E-state index contributed by atoms with van der Waals surface area (Å²) in [7, 11) is -3.44. The van der Waals surface area contributed by atoms with Crippen LogP contribution in [0.5, 0.6) is 0 Å². The van der Waals surface area contributed by atoms with Crippen molar-refractivity contribution in [2.75, 3.05) is 5.75 Å².